The number of aryl methyl sites for hydroxylation is 2. The van der Waals surface area contributed by atoms with Crippen LogP contribution in [0.25, 0.3) is 10.2 Å². The van der Waals surface area contributed by atoms with Crippen LogP contribution in [-0.2, 0) is 24.2 Å². The summed E-state index contributed by atoms with van der Waals surface area (Å²) in [5.41, 5.74) is 2.23. The molecule has 0 radical (unpaired) electrons. The molecule has 3 heterocycles. The van der Waals surface area contributed by atoms with Gasteiger partial charge >= 0.3 is 0 Å². The molecule has 2 amide bonds. The van der Waals surface area contributed by atoms with E-state index < -0.39 is 5.91 Å². The molecule has 9 heteroatoms. The summed E-state index contributed by atoms with van der Waals surface area (Å²) >= 11 is 1.53. The van der Waals surface area contributed by atoms with Gasteiger partial charge in [-0.3, -0.25) is 14.4 Å². The van der Waals surface area contributed by atoms with Crippen molar-refractivity contribution in [1.29, 1.82) is 0 Å². The van der Waals surface area contributed by atoms with E-state index in [4.69, 9.17) is 4.74 Å². The minimum Gasteiger partial charge on any atom is -0.482 e. The Morgan fingerprint density at radius 2 is 2.00 bits per heavy atom. The van der Waals surface area contributed by atoms with Gasteiger partial charge in [0.15, 0.2) is 6.61 Å². The fraction of sp³-hybridized carbons (Fsp3) is 0.364. The Balaban J connectivity index is 1.36. The van der Waals surface area contributed by atoms with Crippen LogP contribution in [0.4, 0.5) is 5.69 Å². The predicted molar refractivity (Wildman–Crippen MR) is 118 cm³/mol. The molecule has 0 unspecified atom stereocenters. The molecule has 1 aliphatic heterocycles. The monoisotopic (exact) mass is 438 g/mol. The summed E-state index contributed by atoms with van der Waals surface area (Å²) in [5, 5.41) is 6.17. The number of fused-ring (bicyclic) bond motifs is 4. The van der Waals surface area contributed by atoms with Gasteiger partial charge in [-0.25, -0.2) is 4.98 Å². The van der Waals surface area contributed by atoms with Gasteiger partial charge in [0.05, 0.1) is 11.1 Å². The lowest BCUT2D eigenvalue weighted by Gasteiger charge is -2.18. The fourth-order valence-corrected chi connectivity index (χ4v) is 5.39. The molecule has 5 rings (SSSR count). The highest BCUT2D eigenvalue weighted by molar-refractivity contribution is 7.18. The van der Waals surface area contributed by atoms with E-state index in [1.54, 1.807) is 12.1 Å². The molecule has 2 aromatic heterocycles. The molecule has 1 aromatic carbocycles. The number of thiophene rings is 1. The van der Waals surface area contributed by atoms with Crippen molar-refractivity contribution in [2.45, 2.75) is 45.1 Å². The van der Waals surface area contributed by atoms with Gasteiger partial charge in [0.2, 0.25) is 5.82 Å². The number of nitrogens with one attached hydrogen (secondary N) is 3. The molecule has 31 heavy (non-hydrogen) atoms. The van der Waals surface area contributed by atoms with E-state index >= 15 is 0 Å². The Labute approximate surface area is 182 Å². The van der Waals surface area contributed by atoms with Crippen molar-refractivity contribution in [2.75, 3.05) is 11.9 Å². The molecular formula is C22H22N4O4S. The maximum Gasteiger partial charge on any atom is 0.287 e. The summed E-state index contributed by atoms with van der Waals surface area (Å²) in [4.78, 5) is 45.9. The number of aromatic amines is 1. The van der Waals surface area contributed by atoms with Crippen LogP contribution in [0, 0.1) is 0 Å². The standard InChI is InChI=1S/C22H22N4O4S/c27-17-11-30-15-8-7-12(9-14(15)24-17)10-23-21(29)19-25-20(28)18-13-5-3-1-2-4-6-16(13)31-22(18)26-19/h7-9H,1-6,10-11H2,(H,23,29)(H,24,27)(H,25,26,28). The molecule has 3 N–H and O–H groups in total. The lowest BCUT2D eigenvalue weighted by Crippen LogP contribution is -2.28. The van der Waals surface area contributed by atoms with Crippen LogP contribution < -0.4 is 20.9 Å². The number of carbonyl (C=O) groups is 2. The quantitative estimate of drug-likeness (QED) is 0.582. The molecule has 2 aliphatic rings. The van der Waals surface area contributed by atoms with Gasteiger partial charge in [-0.2, -0.15) is 0 Å². The first-order valence-electron chi connectivity index (χ1n) is 10.5. The normalized spacial score (nSPS) is 15.8. The molecule has 8 nitrogen and oxygen atoms in total. The Morgan fingerprint density at radius 1 is 1.16 bits per heavy atom. The van der Waals surface area contributed by atoms with Gasteiger partial charge in [0, 0.05) is 11.4 Å². The zero-order valence-corrected chi connectivity index (χ0v) is 17.7. The van der Waals surface area contributed by atoms with Gasteiger partial charge < -0.3 is 20.4 Å². The number of amides is 2. The number of rotatable bonds is 3. The van der Waals surface area contributed by atoms with E-state index in [0.29, 0.717) is 21.7 Å². The van der Waals surface area contributed by atoms with Crippen molar-refractivity contribution >= 4 is 39.1 Å². The van der Waals surface area contributed by atoms with Crippen LogP contribution >= 0.6 is 11.3 Å². The summed E-state index contributed by atoms with van der Waals surface area (Å²) in [5.74, 6) is -0.0488. The average molecular weight is 439 g/mol. The Hall–Kier alpha value is -3.20. The highest BCUT2D eigenvalue weighted by Crippen LogP contribution is 2.32. The number of hydrogen-bond acceptors (Lipinski definition) is 6. The highest BCUT2D eigenvalue weighted by atomic mass is 32.1. The Morgan fingerprint density at radius 3 is 2.87 bits per heavy atom. The third-order valence-corrected chi connectivity index (χ3v) is 6.86. The second-order valence-electron chi connectivity index (χ2n) is 7.86. The number of ether oxygens (including phenoxy) is 1. The predicted octanol–water partition coefficient (Wildman–Crippen LogP) is 2.90. The average Bonchev–Trinajstić information content (AvgIpc) is 3.08. The maximum atomic E-state index is 12.8. The smallest absolute Gasteiger partial charge is 0.287 e. The topological polar surface area (TPSA) is 113 Å². The van der Waals surface area contributed by atoms with Gasteiger partial charge in [0.1, 0.15) is 10.6 Å². The van der Waals surface area contributed by atoms with Crippen molar-refractivity contribution in [2.24, 2.45) is 0 Å². The van der Waals surface area contributed by atoms with Gasteiger partial charge in [-0.15, -0.1) is 11.3 Å². The van der Waals surface area contributed by atoms with E-state index in [2.05, 4.69) is 20.6 Å². The molecule has 0 bridgehead atoms. The summed E-state index contributed by atoms with van der Waals surface area (Å²) in [6.07, 6.45) is 6.45. The number of aromatic nitrogens is 2. The first kappa shape index (κ1) is 19.7. The van der Waals surface area contributed by atoms with Crippen molar-refractivity contribution in [1.82, 2.24) is 15.3 Å². The van der Waals surface area contributed by atoms with Gasteiger partial charge in [-0.1, -0.05) is 18.9 Å². The molecule has 0 atom stereocenters. The summed E-state index contributed by atoms with van der Waals surface area (Å²) < 4.78 is 5.34. The van der Waals surface area contributed by atoms with Crippen LogP contribution in [0.1, 0.15) is 52.3 Å². The second-order valence-corrected chi connectivity index (χ2v) is 8.95. The minimum atomic E-state index is -0.446. The number of carbonyl (C=O) groups excluding carboxylic acids is 2. The SMILES string of the molecule is O=C1COc2ccc(CNC(=O)c3nc4sc5c(c4c(=O)[nH]3)CCCCCC5)cc2N1. The Kier molecular flexibility index (Phi) is 5.19. The van der Waals surface area contributed by atoms with Crippen molar-refractivity contribution in [3.8, 4) is 5.75 Å². The first-order valence-corrected chi connectivity index (χ1v) is 11.3. The summed E-state index contributed by atoms with van der Waals surface area (Å²) in [6, 6.07) is 5.32. The molecule has 1 aliphatic carbocycles. The second kappa shape index (κ2) is 8.14. The lowest BCUT2D eigenvalue weighted by atomic mass is 9.98. The molecule has 0 saturated heterocycles. The summed E-state index contributed by atoms with van der Waals surface area (Å²) in [7, 11) is 0. The third kappa shape index (κ3) is 3.93. The molecule has 0 spiro atoms. The number of nitrogens with zero attached hydrogens (tertiary/aromatic N) is 1. The summed E-state index contributed by atoms with van der Waals surface area (Å²) in [6.45, 7) is 0.224. The van der Waals surface area contributed by atoms with E-state index in [0.717, 1.165) is 36.8 Å². The van der Waals surface area contributed by atoms with Crippen molar-refractivity contribution in [3.05, 3.63) is 50.4 Å². The number of anilines is 1. The molecule has 0 fully saturated rings. The van der Waals surface area contributed by atoms with Crippen LogP contribution in [-0.4, -0.2) is 28.4 Å². The lowest BCUT2D eigenvalue weighted by molar-refractivity contribution is -0.118. The largest absolute Gasteiger partial charge is 0.482 e. The Bertz CT molecular complexity index is 1250. The fourth-order valence-electron chi connectivity index (χ4n) is 4.13. The third-order valence-electron chi connectivity index (χ3n) is 5.67. The number of H-pyrrole nitrogens is 1. The van der Waals surface area contributed by atoms with Crippen LogP contribution in [0.2, 0.25) is 0 Å². The van der Waals surface area contributed by atoms with Crippen LogP contribution in [0.5, 0.6) is 5.75 Å². The molecule has 0 saturated carbocycles. The van der Waals surface area contributed by atoms with E-state index in [-0.39, 0.29) is 30.4 Å². The van der Waals surface area contributed by atoms with Crippen molar-refractivity contribution < 1.29 is 14.3 Å². The molecular weight excluding hydrogens is 416 g/mol. The van der Waals surface area contributed by atoms with Gasteiger partial charge in [-0.05, 0) is 48.9 Å². The van der Waals surface area contributed by atoms with E-state index in [1.165, 1.54) is 29.1 Å². The zero-order valence-electron chi connectivity index (χ0n) is 16.9. The number of hydrogen-bond donors (Lipinski definition) is 3. The van der Waals surface area contributed by atoms with Crippen LogP contribution in [0.3, 0.4) is 0 Å². The highest BCUT2D eigenvalue weighted by Gasteiger charge is 2.20. The maximum absolute atomic E-state index is 12.8. The van der Waals surface area contributed by atoms with E-state index in [9.17, 15) is 14.4 Å². The minimum absolute atomic E-state index is 0.00323. The van der Waals surface area contributed by atoms with E-state index in [1.807, 2.05) is 6.07 Å². The van der Waals surface area contributed by atoms with Gasteiger partial charge in [0.25, 0.3) is 17.4 Å². The number of benzene rings is 1. The van der Waals surface area contributed by atoms with Crippen molar-refractivity contribution in [3.63, 3.8) is 0 Å². The first-order chi connectivity index (χ1) is 15.1. The zero-order chi connectivity index (χ0) is 21.4. The molecule has 3 aromatic rings. The molecule has 160 valence electrons. The van der Waals surface area contributed by atoms with Crippen LogP contribution in [0.15, 0.2) is 23.0 Å².